The fraction of sp³-hybridized carbons (Fsp3) is 0.188. The number of nitrogens with one attached hydrogen (secondary N) is 1. The molecule has 0 saturated carbocycles. The molecule has 0 aliphatic carbocycles. The average Bonchev–Trinajstić information content (AvgIpc) is 3.13. The number of benzene rings is 1. The van der Waals surface area contributed by atoms with E-state index in [-0.39, 0.29) is 24.3 Å². The smallest absolute Gasteiger partial charge is 0.287 e. The van der Waals surface area contributed by atoms with Crippen LogP contribution in [0.15, 0.2) is 56.0 Å². The second kappa shape index (κ2) is 6.37. The van der Waals surface area contributed by atoms with Gasteiger partial charge in [-0.15, -0.1) is 0 Å². The lowest BCUT2D eigenvalue weighted by Gasteiger charge is -2.13. The highest BCUT2D eigenvalue weighted by Crippen LogP contribution is 2.25. The zero-order chi connectivity index (χ0) is 15.5. The van der Waals surface area contributed by atoms with Crippen LogP contribution in [-0.2, 0) is 4.74 Å². The number of methoxy groups -OCH3 is 1. The van der Waals surface area contributed by atoms with Gasteiger partial charge in [0.25, 0.3) is 5.91 Å². The fourth-order valence-electron chi connectivity index (χ4n) is 2.17. The second-order valence-electron chi connectivity index (χ2n) is 4.72. The molecule has 1 amide bonds. The van der Waals surface area contributed by atoms with Crippen LogP contribution in [-0.4, -0.2) is 19.6 Å². The Bertz CT molecular complexity index is 759. The first-order chi connectivity index (χ1) is 10.7. The predicted molar refractivity (Wildman–Crippen MR) is 84.7 cm³/mol. The van der Waals surface area contributed by atoms with Crippen molar-refractivity contribution in [3.8, 4) is 0 Å². The fourth-order valence-corrected chi connectivity index (χ4v) is 2.48. The first-order valence-corrected chi connectivity index (χ1v) is 7.51. The molecule has 3 rings (SSSR count). The minimum atomic E-state index is -0.366. The van der Waals surface area contributed by atoms with Gasteiger partial charge in [-0.3, -0.25) is 4.79 Å². The molecular weight excluding hydrogens is 350 g/mol. The maximum atomic E-state index is 12.0. The molecule has 6 heteroatoms. The van der Waals surface area contributed by atoms with Gasteiger partial charge in [0.15, 0.2) is 10.4 Å². The average molecular weight is 364 g/mol. The Morgan fingerprint density at radius 3 is 2.77 bits per heavy atom. The van der Waals surface area contributed by atoms with Gasteiger partial charge in [0.05, 0.1) is 6.54 Å². The van der Waals surface area contributed by atoms with Crippen molar-refractivity contribution < 1.29 is 18.4 Å². The Kier molecular flexibility index (Phi) is 4.31. The molecule has 0 fully saturated rings. The van der Waals surface area contributed by atoms with Gasteiger partial charge in [0.1, 0.15) is 17.4 Å². The van der Waals surface area contributed by atoms with Crippen LogP contribution < -0.4 is 5.32 Å². The molecule has 0 unspecified atom stereocenters. The molecule has 5 nitrogen and oxygen atoms in total. The minimum Gasteiger partial charge on any atom is -0.458 e. The summed E-state index contributed by atoms with van der Waals surface area (Å²) in [6.45, 7) is 0.285. The maximum Gasteiger partial charge on any atom is 0.287 e. The van der Waals surface area contributed by atoms with Gasteiger partial charge in [0, 0.05) is 12.5 Å². The lowest BCUT2D eigenvalue weighted by atomic mass is 10.2. The summed E-state index contributed by atoms with van der Waals surface area (Å²) in [4.78, 5) is 12.0. The number of carbonyl (C=O) groups is 1. The van der Waals surface area contributed by atoms with Crippen LogP contribution in [0.4, 0.5) is 0 Å². The van der Waals surface area contributed by atoms with Crippen LogP contribution >= 0.6 is 15.9 Å². The van der Waals surface area contributed by atoms with E-state index < -0.39 is 0 Å². The number of hydrogen-bond donors (Lipinski definition) is 1. The Labute approximate surface area is 135 Å². The molecule has 3 aromatic rings. The Balaban J connectivity index is 1.70. The monoisotopic (exact) mass is 363 g/mol. The second-order valence-corrected chi connectivity index (χ2v) is 5.51. The van der Waals surface area contributed by atoms with E-state index in [2.05, 4.69) is 21.2 Å². The molecule has 2 heterocycles. The third kappa shape index (κ3) is 3.08. The van der Waals surface area contributed by atoms with Crippen molar-refractivity contribution in [2.45, 2.75) is 6.10 Å². The third-order valence-electron chi connectivity index (χ3n) is 3.29. The van der Waals surface area contributed by atoms with Crippen LogP contribution in [0.5, 0.6) is 0 Å². The Morgan fingerprint density at radius 2 is 2.09 bits per heavy atom. The van der Waals surface area contributed by atoms with E-state index in [0.717, 1.165) is 11.0 Å². The summed E-state index contributed by atoms with van der Waals surface area (Å²) in [5, 5.41) is 3.77. The van der Waals surface area contributed by atoms with Crippen LogP contribution in [0.3, 0.4) is 0 Å². The van der Waals surface area contributed by atoms with Crippen molar-refractivity contribution in [2.75, 3.05) is 13.7 Å². The minimum absolute atomic E-state index is 0.242. The first kappa shape index (κ1) is 14.9. The molecule has 0 saturated heterocycles. The van der Waals surface area contributed by atoms with Gasteiger partial charge < -0.3 is 18.9 Å². The van der Waals surface area contributed by atoms with Crippen molar-refractivity contribution >= 4 is 32.8 Å². The molecule has 0 bridgehead atoms. The van der Waals surface area contributed by atoms with Crippen molar-refractivity contribution in [1.82, 2.24) is 5.32 Å². The van der Waals surface area contributed by atoms with Gasteiger partial charge >= 0.3 is 0 Å². The van der Waals surface area contributed by atoms with Crippen molar-refractivity contribution in [1.29, 1.82) is 0 Å². The maximum absolute atomic E-state index is 12.0. The molecule has 1 atom stereocenters. The van der Waals surface area contributed by atoms with Gasteiger partial charge in [-0.25, -0.2) is 0 Å². The summed E-state index contributed by atoms with van der Waals surface area (Å²) in [6.07, 6.45) is -0.366. The molecule has 1 aromatic carbocycles. The van der Waals surface area contributed by atoms with Crippen LogP contribution in [0.1, 0.15) is 22.4 Å². The van der Waals surface area contributed by atoms with Crippen LogP contribution in [0, 0.1) is 0 Å². The summed E-state index contributed by atoms with van der Waals surface area (Å²) in [7, 11) is 1.58. The molecule has 2 aromatic heterocycles. The topological polar surface area (TPSA) is 64.6 Å². The van der Waals surface area contributed by atoms with Gasteiger partial charge in [-0.05, 0) is 40.2 Å². The van der Waals surface area contributed by atoms with E-state index in [4.69, 9.17) is 13.6 Å². The molecule has 1 N–H and O–H groups in total. The zero-order valence-corrected chi connectivity index (χ0v) is 13.4. The summed E-state index contributed by atoms with van der Waals surface area (Å²) in [6, 6.07) is 12.9. The highest BCUT2D eigenvalue weighted by molar-refractivity contribution is 9.10. The molecular formula is C16H14BrNO4. The van der Waals surface area contributed by atoms with Crippen LogP contribution in [0.2, 0.25) is 0 Å². The number of amides is 1. The third-order valence-corrected chi connectivity index (χ3v) is 3.72. The lowest BCUT2D eigenvalue weighted by molar-refractivity contribution is 0.0732. The molecule has 22 heavy (non-hydrogen) atoms. The molecule has 0 radical (unpaired) electrons. The quantitative estimate of drug-likeness (QED) is 0.746. The molecule has 0 aliphatic rings. The number of fused-ring (bicyclic) bond motifs is 1. The van der Waals surface area contributed by atoms with Crippen LogP contribution in [0.25, 0.3) is 11.0 Å². The number of para-hydroxylation sites is 1. The first-order valence-electron chi connectivity index (χ1n) is 6.72. The van der Waals surface area contributed by atoms with Crippen molar-refractivity contribution in [2.24, 2.45) is 0 Å². The van der Waals surface area contributed by atoms with E-state index in [1.54, 1.807) is 19.2 Å². The summed E-state index contributed by atoms with van der Waals surface area (Å²) in [5.74, 6) is 0.611. The SMILES string of the molecule is CO[C@H](CNC(=O)c1ccc(Br)o1)c1cc2ccccc2o1. The van der Waals surface area contributed by atoms with E-state index in [1.807, 2.05) is 30.3 Å². The molecule has 0 spiro atoms. The highest BCUT2D eigenvalue weighted by atomic mass is 79.9. The normalized spacial score (nSPS) is 12.5. The number of ether oxygens (including phenoxy) is 1. The number of hydrogen-bond acceptors (Lipinski definition) is 4. The van der Waals surface area contributed by atoms with Gasteiger partial charge in [-0.2, -0.15) is 0 Å². The lowest BCUT2D eigenvalue weighted by Crippen LogP contribution is -2.28. The van der Waals surface area contributed by atoms with Gasteiger partial charge in [-0.1, -0.05) is 18.2 Å². The van der Waals surface area contributed by atoms with E-state index in [0.29, 0.717) is 10.4 Å². The van der Waals surface area contributed by atoms with Crippen molar-refractivity contribution in [3.63, 3.8) is 0 Å². The Hall–Kier alpha value is -2.05. The predicted octanol–water partition coefficient (Wildman–Crippen LogP) is 3.91. The standard InChI is InChI=1S/C16H14BrNO4/c1-20-14(9-18-16(19)12-6-7-15(17)22-12)13-8-10-4-2-3-5-11(10)21-13/h2-8,14H,9H2,1H3,(H,18,19)/t14-/m1/s1. The number of carbonyl (C=O) groups excluding carboxylic acids is 1. The van der Waals surface area contributed by atoms with Crippen molar-refractivity contribution in [3.05, 3.63) is 58.7 Å². The van der Waals surface area contributed by atoms with E-state index >= 15 is 0 Å². The van der Waals surface area contributed by atoms with E-state index in [1.165, 1.54) is 0 Å². The molecule has 114 valence electrons. The number of halogens is 1. The number of furan rings is 2. The molecule has 0 aliphatic heterocycles. The van der Waals surface area contributed by atoms with E-state index in [9.17, 15) is 4.79 Å². The Morgan fingerprint density at radius 1 is 1.27 bits per heavy atom. The van der Waals surface area contributed by atoms with Gasteiger partial charge in [0.2, 0.25) is 0 Å². The largest absolute Gasteiger partial charge is 0.458 e. The highest BCUT2D eigenvalue weighted by Gasteiger charge is 2.18. The summed E-state index contributed by atoms with van der Waals surface area (Å²) >= 11 is 3.16. The summed E-state index contributed by atoms with van der Waals surface area (Å²) in [5.41, 5.74) is 0.792. The summed E-state index contributed by atoms with van der Waals surface area (Å²) < 4.78 is 16.9. The number of rotatable bonds is 5. The zero-order valence-electron chi connectivity index (χ0n) is 11.8.